The zero-order valence-corrected chi connectivity index (χ0v) is 18.0. The summed E-state index contributed by atoms with van der Waals surface area (Å²) in [7, 11) is 2.69. The second kappa shape index (κ2) is 9.17. The highest BCUT2D eigenvalue weighted by atomic mass is 16.6. The Morgan fingerprint density at radius 3 is 2.42 bits per heavy atom. The van der Waals surface area contributed by atoms with Crippen molar-refractivity contribution in [2.45, 2.75) is 0 Å². The van der Waals surface area contributed by atoms with E-state index < -0.39 is 22.4 Å². The Labute approximate surface area is 188 Å². The van der Waals surface area contributed by atoms with Crippen molar-refractivity contribution >= 4 is 34.2 Å². The van der Waals surface area contributed by atoms with Crippen molar-refractivity contribution in [3.8, 4) is 11.5 Å². The van der Waals surface area contributed by atoms with E-state index in [9.17, 15) is 19.7 Å². The minimum atomic E-state index is -0.801. The van der Waals surface area contributed by atoms with E-state index in [0.717, 1.165) is 6.07 Å². The molecule has 0 bridgehead atoms. The Balaban J connectivity index is 1.77. The summed E-state index contributed by atoms with van der Waals surface area (Å²) < 4.78 is 21.4. The molecule has 3 aromatic rings. The van der Waals surface area contributed by atoms with Crippen LogP contribution < -0.4 is 14.8 Å². The fourth-order valence-corrected chi connectivity index (χ4v) is 3.61. The molecule has 2 heterocycles. The average molecular weight is 455 g/mol. The summed E-state index contributed by atoms with van der Waals surface area (Å²) in [5.74, 6) is -1.01. The molecular weight excluding hydrogens is 434 g/mol. The van der Waals surface area contributed by atoms with Gasteiger partial charge in [0.1, 0.15) is 16.8 Å². The Morgan fingerprint density at radius 1 is 1.09 bits per heavy atom. The number of benzene rings is 2. The van der Waals surface area contributed by atoms with Crippen molar-refractivity contribution in [1.82, 2.24) is 4.90 Å². The summed E-state index contributed by atoms with van der Waals surface area (Å²) in [6.45, 7) is 1.55. The van der Waals surface area contributed by atoms with Gasteiger partial charge in [0.15, 0.2) is 11.5 Å². The van der Waals surface area contributed by atoms with Crippen LogP contribution in [0.2, 0.25) is 0 Å². The smallest absolute Gasteiger partial charge is 0.291 e. The van der Waals surface area contributed by atoms with Gasteiger partial charge in [-0.3, -0.25) is 19.7 Å². The number of furan rings is 1. The standard InChI is InChI=1S/C22H21N3O8/c1-30-17-11-14(15(25(28)29)12-18(17)31-2)21(26)23-19-13-5-3-4-6-16(13)33-20(19)22(27)24-7-9-32-10-8-24/h3-6,11-12H,7-10H2,1-2H3,(H,23,26). The predicted molar refractivity (Wildman–Crippen MR) is 117 cm³/mol. The molecule has 0 unspecified atom stereocenters. The van der Waals surface area contributed by atoms with Crippen LogP contribution in [-0.2, 0) is 4.74 Å². The maximum absolute atomic E-state index is 13.2. The molecule has 0 radical (unpaired) electrons. The lowest BCUT2D eigenvalue weighted by Crippen LogP contribution is -2.40. The van der Waals surface area contributed by atoms with E-state index >= 15 is 0 Å². The SMILES string of the molecule is COc1cc(C(=O)Nc2c(C(=O)N3CCOCC3)oc3ccccc23)c([N+](=O)[O-])cc1OC. The number of ether oxygens (including phenoxy) is 3. The predicted octanol–water partition coefficient (Wildman–Crippen LogP) is 3.08. The van der Waals surface area contributed by atoms with Gasteiger partial charge in [0.25, 0.3) is 17.5 Å². The molecule has 4 rings (SSSR count). The number of hydrogen-bond donors (Lipinski definition) is 1. The molecule has 1 aliphatic heterocycles. The molecule has 2 amide bonds. The molecular formula is C22H21N3O8. The zero-order valence-electron chi connectivity index (χ0n) is 18.0. The van der Waals surface area contributed by atoms with Gasteiger partial charge in [0.2, 0.25) is 5.76 Å². The van der Waals surface area contributed by atoms with E-state index in [1.807, 2.05) is 0 Å². The summed E-state index contributed by atoms with van der Waals surface area (Å²) in [4.78, 5) is 38.9. The van der Waals surface area contributed by atoms with E-state index in [0.29, 0.717) is 37.3 Å². The van der Waals surface area contributed by atoms with Crippen molar-refractivity contribution in [2.75, 3.05) is 45.8 Å². The lowest BCUT2D eigenvalue weighted by Gasteiger charge is -2.26. The minimum absolute atomic E-state index is 0.0606. The molecule has 0 spiro atoms. The van der Waals surface area contributed by atoms with Crippen LogP contribution in [0.4, 0.5) is 11.4 Å². The van der Waals surface area contributed by atoms with Gasteiger partial charge in [0, 0.05) is 24.5 Å². The number of nitrogens with one attached hydrogen (secondary N) is 1. The van der Waals surface area contributed by atoms with E-state index in [-0.39, 0.29) is 28.5 Å². The van der Waals surface area contributed by atoms with Crippen LogP contribution in [0.1, 0.15) is 20.9 Å². The number of para-hydroxylation sites is 1. The number of fused-ring (bicyclic) bond motifs is 1. The van der Waals surface area contributed by atoms with Gasteiger partial charge in [0.05, 0.1) is 38.4 Å². The van der Waals surface area contributed by atoms with Gasteiger partial charge in [-0.25, -0.2) is 0 Å². The highest BCUT2D eigenvalue weighted by Gasteiger charge is 2.30. The molecule has 2 aromatic carbocycles. The number of amides is 2. The molecule has 1 saturated heterocycles. The Kier molecular flexibility index (Phi) is 6.13. The number of rotatable bonds is 6. The molecule has 1 N–H and O–H groups in total. The highest BCUT2D eigenvalue weighted by Crippen LogP contribution is 2.36. The fourth-order valence-electron chi connectivity index (χ4n) is 3.61. The topological polar surface area (TPSA) is 133 Å². The van der Waals surface area contributed by atoms with Crippen molar-refractivity contribution < 1.29 is 33.1 Å². The van der Waals surface area contributed by atoms with Gasteiger partial charge in [-0.2, -0.15) is 0 Å². The first-order valence-electron chi connectivity index (χ1n) is 10.0. The number of carbonyl (C=O) groups is 2. The van der Waals surface area contributed by atoms with Crippen LogP contribution in [0.5, 0.6) is 11.5 Å². The van der Waals surface area contributed by atoms with E-state index in [1.54, 1.807) is 29.2 Å². The van der Waals surface area contributed by atoms with E-state index in [1.165, 1.54) is 20.3 Å². The quantitative estimate of drug-likeness (QED) is 0.443. The summed E-state index contributed by atoms with van der Waals surface area (Å²) in [5.41, 5.74) is -0.200. The molecule has 0 saturated carbocycles. The van der Waals surface area contributed by atoms with E-state index in [2.05, 4.69) is 5.32 Å². The minimum Gasteiger partial charge on any atom is -0.493 e. The average Bonchev–Trinajstić information content (AvgIpc) is 3.21. The van der Waals surface area contributed by atoms with Crippen LogP contribution in [0, 0.1) is 10.1 Å². The first-order chi connectivity index (χ1) is 15.9. The van der Waals surface area contributed by atoms with E-state index in [4.69, 9.17) is 18.6 Å². The van der Waals surface area contributed by atoms with Gasteiger partial charge in [-0.15, -0.1) is 0 Å². The van der Waals surface area contributed by atoms with Gasteiger partial charge >= 0.3 is 0 Å². The Hall–Kier alpha value is -4.12. The van der Waals surface area contributed by atoms with Crippen LogP contribution in [0.15, 0.2) is 40.8 Å². The summed E-state index contributed by atoms with van der Waals surface area (Å²) in [5, 5.41) is 14.8. The highest BCUT2D eigenvalue weighted by molar-refractivity contribution is 6.15. The normalized spacial score (nSPS) is 13.6. The van der Waals surface area contributed by atoms with Gasteiger partial charge in [-0.1, -0.05) is 12.1 Å². The first-order valence-corrected chi connectivity index (χ1v) is 10.0. The Bertz CT molecular complexity index is 1230. The maximum atomic E-state index is 13.2. The van der Waals surface area contributed by atoms with Crippen molar-refractivity contribution in [3.05, 3.63) is 57.8 Å². The number of carbonyl (C=O) groups excluding carboxylic acids is 2. The van der Waals surface area contributed by atoms with Crippen LogP contribution in [-0.4, -0.2) is 62.2 Å². The van der Waals surface area contributed by atoms with Crippen molar-refractivity contribution in [1.29, 1.82) is 0 Å². The molecule has 1 aliphatic rings. The number of morpholine rings is 1. The number of hydrogen-bond acceptors (Lipinski definition) is 8. The van der Waals surface area contributed by atoms with Gasteiger partial charge < -0.3 is 28.8 Å². The third-order valence-electron chi connectivity index (χ3n) is 5.27. The van der Waals surface area contributed by atoms with Crippen LogP contribution in [0.25, 0.3) is 11.0 Å². The molecule has 33 heavy (non-hydrogen) atoms. The summed E-state index contributed by atoms with van der Waals surface area (Å²) in [6, 6.07) is 9.15. The molecule has 1 fully saturated rings. The molecule has 11 nitrogen and oxygen atoms in total. The molecule has 11 heteroatoms. The number of anilines is 1. The largest absolute Gasteiger partial charge is 0.493 e. The summed E-state index contributed by atoms with van der Waals surface area (Å²) in [6.07, 6.45) is 0. The van der Waals surface area contributed by atoms with Gasteiger partial charge in [-0.05, 0) is 12.1 Å². The van der Waals surface area contributed by atoms with Crippen molar-refractivity contribution in [3.63, 3.8) is 0 Å². The molecule has 172 valence electrons. The second-order valence-corrected chi connectivity index (χ2v) is 7.14. The van der Waals surface area contributed by atoms with Crippen molar-refractivity contribution in [2.24, 2.45) is 0 Å². The van der Waals surface area contributed by atoms with Crippen LogP contribution >= 0.6 is 0 Å². The van der Waals surface area contributed by atoms with Crippen LogP contribution in [0.3, 0.4) is 0 Å². The molecule has 1 aromatic heterocycles. The maximum Gasteiger partial charge on any atom is 0.291 e. The number of nitro groups is 1. The second-order valence-electron chi connectivity index (χ2n) is 7.14. The first kappa shape index (κ1) is 22.1. The lowest BCUT2D eigenvalue weighted by atomic mass is 10.1. The third-order valence-corrected chi connectivity index (χ3v) is 5.27. The lowest BCUT2D eigenvalue weighted by molar-refractivity contribution is -0.385. The number of nitrogens with zero attached hydrogens (tertiary/aromatic N) is 2. The Morgan fingerprint density at radius 2 is 1.76 bits per heavy atom. The fraction of sp³-hybridized carbons (Fsp3) is 0.273. The monoisotopic (exact) mass is 455 g/mol. The third kappa shape index (κ3) is 4.17. The molecule has 0 atom stereocenters. The summed E-state index contributed by atoms with van der Waals surface area (Å²) >= 11 is 0. The zero-order chi connectivity index (χ0) is 23.5. The molecule has 0 aliphatic carbocycles. The number of nitro benzene ring substituents is 1. The number of methoxy groups -OCH3 is 2.